The molecule has 4 nitrogen and oxygen atoms in total. The molecule has 0 spiro atoms. The summed E-state index contributed by atoms with van der Waals surface area (Å²) in [4.78, 5) is 0. The van der Waals surface area contributed by atoms with Crippen LogP contribution in [0.4, 0.5) is 4.39 Å². The van der Waals surface area contributed by atoms with E-state index in [9.17, 15) is 4.39 Å². The van der Waals surface area contributed by atoms with Gasteiger partial charge in [0.25, 0.3) is 0 Å². The summed E-state index contributed by atoms with van der Waals surface area (Å²) in [5.41, 5.74) is 7.21. The van der Waals surface area contributed by atoms with Crippen LogP contribution in [0.5, 0.6) is 11.6 Å². The molecule has 0 unspecified atom stereocenters. The molecule has 96 valence electrons. The lowest BCUT2D eigenvalue weighted by Gasteiger charge is -2.09. The highest BCUT2D eigenvalue weighted by Gasteiger charge is 2.15. The van der Waals surface area contributed by atoms with Crippen LogP contribution < -0.4 is 10.5 Å². The molecule has 18 heavy (non-hydrogen) atoms. The molecular formula is C12H13BrFN3O. The molecule has 0 atom stereocenters. The van der Waals surface area contributed by atoms with Crippen molar-refractivity contribution in [2.75, 3.05) is 0 Å². The molecule has 1 aromatic carbocycles. The molecule has 1 aromatic heterocycles. The van der Waals surface area contributed by atoms with Crippen molar-refractivity contribution in [3.8, 4) is 11.6 Å². The number of rotatable bonds is 3. The maximum Gasteiger partial charge on any atom is 0.222 e. The normalized spacial score (nSPS) is 10.7. The van der Waals surface area contributed by atoms with Crippen LogP contribution in [0.1, 0.15) is 11.3 Å². The minimum Gasteiger partial charge on any atom is -0.436 e. The topological polar surface area (TPSA) is 53.1 Å². The summed E-state index contributed by atoms with van der Waals surface area (Å²) in [7, 11) is 1.73. The van der Waals surface area contributed by atoms with Gasteiger partial charge in [0.2, 0.25) is 5.88 Å². The van der Waals surface area contributed by atoms with Gasteiger partial charge in [-0.2, -0.15) is 5.10 Å². The standard InChI is InChI=1S/C12H13BrFN3O/c1-7-9(6-15)12(17(2)16-7)18-11-5-8(13)3-4-10(11)14/h3-5H,6,15H2,1-2H3. The Morgan fingerprint density at radius 3 is 2.89 bits per heavy atom. The molecular weight excluding hydrogens is 301 g/mol. The van der Waals surface area contributed by atoms with E-state index in [0.29, 0.717) is 12.4 Å². The van der Waals surface area contributed by atoms with Crippen molar-refractivity contribution in [1.29, 1.82) is 0 Å². The van der Waals surface area contributed by atoms with E-state index >= 15 is 0 Å². The van der Waals surface area contributed by atoms with Gasteiger partial charge in [0, 0.05) is 18.1 Å². The van der Waals surface area contributed by atoms with Crippen molar-refractivity contribution in [2.45, 2.75) is 13.5 Å². The maximum absolute atomic E-state index is 13.6. The van der Waals surface area contributed by atoms with Crippen LogP contribution in [0.3, 0.4) is 0 Å². The highest BCUT2D eigenvalue weighted by molar-refractivity contribution is 9.10. The predicted molar refractivity (Wildman–Crippen MR) is 70.0 cm³/mol. The molecule has 2 rings (SSSR count). The summed E-state index contributed by atoms with van der Waals surface area (Å²) in [6.07, 6.45) is 0. The molecule has 0 saturated heterocycles. The van der Waals surface area contributed by atoms with E-state index in [1.54, 1.807) is 23.9 Å². The van der Waals surface area contributed by atoms with Gasteiger partial charge in [-0.05, 0) is 25.1 Å². The first-order chi connectivity index (χ1) is 8.52. The van der Waals surface area contributed by atoms with Crippen molar-refractivity contribution in [1.82, 2.24) is 9.78 Å². The Hall–Kier alpha value is -1.40. The van der Waals surface area contributed by atoms with Crippen molar-refractivity contribution < 1.29 is 9.13 Å². The fraction of sp³-hybridized carbons (Fsp3) is 0.250. The van der Waals surface area contributed by atoms with Gasteiger partial charge in [0.05, 0.1) is 11.3 Å². The molecule has 0 radical (unpaired) electrons. The van der Waals surface area contributed by atoms with Crippen LogP contribution in [0, 0.1) is 12.7 Å². The van der Waals surface area contributed by atoms with Crippen LogP contribution in [0.2, 0.25) is 0 Å². The van der Waals surface area contributed by atoms with E-state index < -0.39 is 5.82 Å². The number of nitrogens with zero attached hydrogens (tertiary/aromatic N) is 2. The zero-order valence-corrected chi connectivity index (χ0v) is 11.7. The van der Waals surface area contributed by atoms with Gasteiger partial charge in [-0.25, -0.2) is 9.07 Å². The third-order valence-electron chi connectivity index (χ3n) is 2.59. The van der Waals surface area contributed by atoms with E-state index in [4.69, 9.17) is 10.5 Å². The maximum atomic E-state index is 13.6. The number of aromatic nitrogens is 2. The molecule has 1 heterocycles. The number of aryl methyl sites for hydroxylation is 2. The highest BCUT2D eigenvalue weighted by atomic mass is 79.9. The van der Waals surface area contributed by atoms with E-state index in [2.05, 4.69) is 21.0 Å². The zero-order chi connectivity index (χ0) is 13.3. The van der Waals surface area contributed by atoms with E-state index in [1.807, 2.05) is 6.92 Å². The van der Waals surface area contributed by atoms with Crippen molar-refractivity contribution in [3.05, 3.63) is 39.7 Å². The van der Waals surface area contributed by atoms with Gasteiger partial charge in [-0.15, -0.1) is 0 Å². The first-order valence-corrected chi connectivity index (χ1v) is 6.17. The summed E-state index contributed by atoms with van der Waals surface area (Å²) < 4.78 is 21.5. The van der Waals surface area contributed by atoms with Crippen LogP contribution in [0.15, 0.2) is 22.7 Å². The number of hydrogen-bond donors (Lipinski definition) is 1. The lowest BCUT2D eigenvalue weighted by atomic mass is 10.2. The minimum atomic E-state index is -0.431. The molecule has 2 N–H and O–H groups in total. The summed E-state index contributed by atoms with van der Waals surface area (Å²) >= 11 is 3.28. The summed E-state index contributed by atoms with van der Waals surface area (Å²) in [5, 5.41) is 4.21. The Morgan fingerprint density at radius 2 is 2.22 bits per heavy atom. The monoisotopic (exact) mass is 313 g/mol. The number of benzene rings is 1. The Morgan fingerprint density at radius 1 is 1.50 bits per heavy atom. The molecule has 0 aliphatic rings. The number of halogens is 2. The molecule has 2 aromatic rings. The van der Waals surface area contributed by atoms with E-state index in [0.717, 1.165) is 15.7 Å². The summed E-state index contributed by atoms with van der Waals surface area (Å²) in [6.45, 7) is 2.14. The second-order valence-corrected chi connectivity index (χ2v) is 4.79. The van der Waals surface area contributed by atoms with Crippen molar-refractivity contribution in [3.63, 3.8) is 0 Å². The van der Waals surface area contributed by atoms with Gasteiger partial charge >= 0.3 is 0 Å². The Labute approximate surface area is 113 Å². The molecule has 0 aliphatic heterocycles. The number of hydrogen-bond acceptors (Lipinski definition) is 3. The van der Waals surface area contributed by atoms with Gasteiger partial charge in [-0.3, -0.25) is 0 Å². The second kappa shape index (κ2) is 5.07. The first-order valence-electron chi connectivity index (χ1n) is 5.38. The predicted octanol–water partition coefficient (Wildman–Crippen LogP) is 2.88. The van der Waals surface area contributed by atoms with Gasteiger partial charge in [0.15, 0.2) is 11.6 Å². The first kappa shape index (κ1) is 13.0. The Bertz CT molecular complexity index is 583. The molecule has 6 heteroatoms. The van der Waals surface area contributed by atoms with Gasteiger partial charge in [-0.1, -0.05) is 15.9 Å². The largest absolute Gasteiger partial charge is 0.436 e. The third-order valence-corrected chi connectivity index (χ3v) is 3.09. The fourth-order valence-corrected chi connectivity index (χ4v) is 2.04. The van der Waals surface area contributed by atoms with Crippen LogP contribution >= 0.6 is 15.9 Å². The lowest BCUT2D eigenvalue weighted by molar-refractivity contribution is 0.399. The van der Waals surface area contributed by atoms with Gasteiger partial charge in [0.1, 0.15) is 0 Å². The lowest BCUT2D eigenvalue weighted by Crippen LogP contribution is -2.02. The van der Waals surface area contributed by atoms with Crippen LogP contribution in [-0.4, -0.2) is 9.78 Å². The smallest absolute Gasteiger partial charge is 0.222 e. The van der Waals surface area contributed by atoms with Crippen molar-refractivity contribution >= 4 is 15.9 Å². The van der Waals surface area contributed by atoms with Crippen LogP contribution in [0.25, 0.3) is 0 Å². The SMILES string of the molecule is Cc1nn(C)c(Oc2cc(Br)ccc2F)c1CN. The molecule has 0 amide bonds. The van der Waals surface area contributed by atoms with E-state index in [1.165, 1.54) is 6.07 Å². The number of nitrogens with two attached hydrogens (primary N) is 1. The summed E-state index contributed by atoms with van der Waals surface area (Å²) in [5.74, 6) is 0.175. The van der Waals surface area contributed by atoms with Gasteiger partial charge < -0.3 is 10.5 Å². The molecule has 0 aliphatic carbocycles. The quantitative estimate of drug-likeness (QED) is 0.948. The van der Waals surface area contributed by atoms with Crippen LogP contribution in [-0.2, 0) is 13.6 Å². The Kier molecular flexibility index (Phi) is 3.68. The number of ether oxygens (including phenoxy) is 1. The average Bonchev–Trinajstić information content (AvgIpc) is 2.58. The zero-order valence-electron chi connectivity index (χ0n) is 10.1. The molecule has 0 saturated carbocycles. The highest BCUT2D eigenvalue weighted by Crippen LogP contribution is 2.30. The minimum absolute atomic E-state index is 0.141. The molecule has 0 bridgehead atoms. The average molecular weight is 314 g/mol. The Balaban J connectivity index is 2.42. The second-order valence-electron chi connectivity index (χ2n) is 3.87. The molecule has 0 fully saturated rings. The summed E-state index contributed by atoms with van der Waals surface area (Å²) in [6, 6.07) is 4.52. The third kappa shape index (κ3) is 2.39. The fourth-order valence-electron chi connectivity index (χ4n) is 1.70. The van der Waals surface area contributed by atoms with E-state index in [-0.39, 0.29) is 5.75 Å². The van der Waals surface area contributed by atoms with Crippen molar-refractivity contribution in [2.24, 2.45) is 12.8 Å².